The van der Waals surface area contributed by atoms with Crippen LogP contribution in [0.4, 0.5) is 0 Å². The monoisotopic (exact) mass is 462 g/mol. The first-order valence-electron chi connectivity index (χ1n) is 12.0. The second-order valence-electron chi connectivity index (χ2n) is 9.52. The highest BCUT2D eigenvalue weighted by molar-refractivity contribution is 6.21. The molecule has 3 heterocycles. The largest absolute Gasteiger partial charge is 0.345 e. The third-order valence-corrected chi connectivity index (χ3v) is 7.22. The predicted octanol–water partition coefficient (Wildman–Crippen LogP) is 2.45. The van der Waals surface area contributed by atoms with E-state index in [1.165, 1.54) is 12.8 Å². The summed E-state index contributed by atoms with van der Waals surface area (Å²) in [4.78, 5) is 55.7. The Hall–Kier alpha value is -3.26. The SMILES string of the molecule is Cc1cc(C(=O)CN2CCN(C(=O)CCN3C(=O)c4ccccc4C3=O)CC2)c(C)n1C1CC1. The molecule has 5 rings (SSSR count). The fraction of sp³-hybridized carbons (Fsp3) is 0.462. The van der Waals surface area contributed by atoms with Gasteiger partial charge in [-0.25, -0.2) is 0 Å². The van der Waals surface area contributed by atoms with E-state index in [-0.39, 0.29) is 36.5 Å². The lowest BCUT2D eigenvalue weighted by Gasteiger charge is -2.34. The molecule has 0 radical (unpaired) electrons. The Morgan fingerprint density at radius 1 is 0.941 bits per heavy atom. The van der Waals surface area contributed by atoms with Crippen molar-refractivity contribution in [1.29, 1.82) is 0 Å². The predicted molar refractivity (Wildman–Crippen MR) is 126 cm³/mol. The number of benzene rings is 1. The Balaban J connectivity index is 1.11. The normalized spacial score (nSPS) is 18.5. The molecule has 0 unspecified atom stereocenters. The molecule has 8 heteroatoms. The first kappa shape index (κ1) is 22.5. The number of nitrogens with zero attached hydrogens (tertiary/aromatic N) is 4. The lowest BCUT2D eigenvalue weighted by atomic mass is 10.1. The maximum atomic E-state index is 13.0. The van der Waals surface area contributed by atoms with Crippen LogP contribution in [0, 0.1) is 13.8 Å². The highest BCUT2D eigenvalue weighted by Crippen LogP contribution is 2.38. The molecule has 1 aliphatic carbocycles. The van der Waals surface area contributed by atoms with Gasteiger partial charge in [-0.2, -0.15) is 0 Å². The summed E-state index contributed by atoms with van der Waals surface area (Å²) in [5.74, 6) is -0.614. The first-order valence-corrected chi connectivity index (χ1v) is 12.0. The summed E-state index contributed by atoms with van der Waals surface area (Å²) in [6.45, 7) is 6.87. The van der Waals surface area contributed by atoms with Crippen molar-refractivity contribution in [2.45, 2.75) is 39.2 Å². The van der Waals surface area contributed by atoms with Crippen LogP contribution in [0.1, 0.15) is 67.8 Å². The summed E-state index contributed by atoms with van der Waals surface area (Å²) in [6.07, 6.45) is 2.48. The summed E-state index contributed by atoms with van der Waals surface area (Å²) in [6, 6.07) is 9.30. The van der Waals surface area contributed by atoms with E-state index in [4.69, 9.17) is 0 Å². The zero-order chi connectivity index (χ0) is 24.0. The molecule has 3 aliphatic rings. The first-order chi connectivity index (χ1) is 16.3. The number of aromatic nitrogens is 1. The highest BCUT2D eigenvalue weighted by atomic mass is 16.2. The van der Waals surface area contributed by atoms with Gasteiger partial charge >= 0.3 is 0 Å². The molecule has 1 saturated heterocycles. The number of hydrogen-bond donors (Lipinski definition) is 0. The van der Waals surface area contributed by atoms with Gasteiger partial charge in [-0.1, -0.05) is 12.1 Å². The van der Waals surface area contributed by atoms with Gasteiger partial charge < -0.3 is 9.47 Å². The van der Waals surface area contributed by atoms with Crippen molar-refractivity contribution in [2.24, 2.45) is 0 Å². The molecule has 2 aliphatic heterocycles. The van der Waals surface area contributed by atoms with E-state index < -0.39 is 0 Å². The lowest BCUT2D eigenvalue weighted by Crippen LogP contribution is -2.50. The Morgan fingerprint density at radius 3 is 2.15 bits per heavy atom. The Kier molecular flexibility index (Phi) is 5.85. The average molecular weight is 463 g/mol. The third kappa shape index (κ3) is 4.07. The molecule has 8 nitrogen and oxygen atoms in total. The molecular weight excluding hydrogens is 432 g/mol. The lowest BCUT2D eigenvalue weighted by molar-refractivity contribution is -0.132. The van der Waals surface area contributed by atoms with Gasteiger partial charge in [-0.3, -0.25) is 29.0 Å². The summed E-state index contributed by atoms with van der Waals surface area (Å²) in [5.41, 5.74) is 3.82. The zero-order valence-electron chi connectivity index (χ0n) is 19.7. The van der Waals surface area contributed by atoms with Gasteiger partial charge in [0, 0.05) is 62.1 Å². The fourth-order valence-corrected chi connectivity index (χ4v) is 5.21. The number of fused-ring (bicyclic) bond motifs is 1. The quantitative estimate of drug-likeness (QED) is 0.466. The fourth-order valence-electron chi connectivity index (χ4n) is 5.21. The van der Waals surface area contributed by atoms with Crippen molar-refractivity contribution >= 4 is 23.5 Å². The van der Waals surface area contributed by atoms with Crippen LogP contribution >= 0.6 is 0 Å². The van der Waals surface area contributed by atoms with Crippen molar-refractivity contribution in [1.82, 2.24) is 19.3 Å². The number of Topliss-reactive ketones (excluding diaryl/α,β-unsaturated/α-hetero) is 1. The van der Waals surface area contributed by atoms with Gasteiger partial charge in [0.05, 0.1) is 17.7 Å². The number of ketones is 1. The summed E-state index contributed by atoms with van der Waals surface area (Å²) in [5, 5.41) is 0. The second kappa shape index (κ2) is 8.83. The maximum absolute atomic E-state index is 13.0. The number of aryl methyl sites for hydroxylation is 1. The molecule has 1 saturated carbocycles. The maximum Gasteiger partial charge on any atom is 0.261 e. The van der Waals surface area contributed by atoms with Gasteiger partial charge in [0.1, 0.15) is 0 Å². The number of amides is 3. The molecule has 1 aromatic heterocycles. The van der Waals surface area contributed by atoms with E-state index in [0.29, 0.717) is 49.9 Å². The van der Waals surface area contributed by atoms with Crippen LogP contribution in [0.5, 0.6) is 0 Å². The molecule has 0 N–H and O–H groups in total. The Morgan fingerprint density at radius 2 is 1.56 bits per heavy atom. The number of imide groups is 1. The van der Waals surface area contributed by atoms with Gasteiger partial charge in [0.15, 0.2) is 5.78 Å². The summed E-state index contributed by atoms with van der Waals surface area (Å²) < 4.78 is 2.29. The Labute approximate surface area is 199 Å². The van der Waals surface area contributed by atoms with Crippen LogP contribution in [-0.4, -0.2) is 82.0 Å². The molecule has 2 fully saturated rings. The van der Waals surface area contributed by atoms with Gasteiger partial charge in [0.25, 0.3) is 11.8 Å². The molecule has 0 bridgehead atoms. The third-order valence-electron chi connectivity index (χ3n) is 7.22. The van der Waals surface area contributed by atoms with E-state index in [0.717, 1.165) is 21.9 Å². The van der Waals surface area contributed by atoms with E-state index in [1.807, 2.05) is 13.0 Å². The van der Waals surface area contributed by atoms with E-state index in [9.17, 15) is 19.2 Å². The topological polar surface area (TPSA) is 82.9 Å². The van der Waals surface area contributed by atoms with Crippen LogP contribution < -0.4 is 0 Å². The summed E-state index contributed by atoms with van der Waals surface area (Å²) in [7, 11) is 0. The van der Waals surface area contributed by atoms with Crippen molar-refractivity contribution in [3.63, 3.8) is 0 Å². The van der Waals surface area contributed by atoms with Crippen molar-refractivity contribution in [3.05, 3.63) is 58.4 Å². The zero-order valence-corrected chi connectivity index (χ0v) is 19.7. The smallest absolute Gasteiger partial charge is 0.261 e. The molecular formula is C26H30N4O4. The second-order valence-corrected chi connectivity index (χ2v) is 9.52. The number of rotatable bonds is 7. The van der Waals surface area contributed by atoms with Crippen LogP contribution in [0.15, 0.2) is 30.3 Å². The Bertz CT molecular complexity index is 1140. The van der Waals surface area contributed by atoms with Gasteiger partial charge in [-0.15, -0.1) is 0 Å². The molecule has 3 amide bonds. The van der Waals surface area contributed by atoms with E-state index >= 15 is 0 Å². The van der Waals surface area contributed by atoms with Crippen LogP contribution in [0.2, 0.25) is 0 Å². The molecule has 34 heavy (non-hydrogen) atoms. The molecule has 1 aromatic carbocycles. The van der Waals surface area contributed by atoms with E-state index in [1.54, 1.807) is 29.2 Å². The van der Waals surface area contributed by atoms with Gasteiger partial charge in [0.2, 0.25) is 5.91 Å². The number of carbonyl (C=O) groups excluding carboxylic acids is 4. The average Bonchev–Trinajstić information content (AvgIpc) is 3.58. The van der Waals surface area contributed by atoms with Crippen molar-refractivity contribution in [2.75, 3.05) is 39.3 Å². The van der Waals surface area contributed by atoms with Gasteiger partial charge in [-0.05, 0) is 44.9 Å². The molecule has 178 valence electrons. The minimum Gasteiger partial charge on any atom is -0.345 e. The number of hydrogen-bond acceptors (Lipinski definition) is 5. The number of carbonyl (C=O) groups is 4. The van der Waals surface area contributed by atoms with Crippen LogP contribution in [0.3, 0.4) is 0 Å². The summed E-state index contributed by atoms with van der Waals surface area (Å²) >= 11 is 0. The molecule has 0 spiro atoms. The van der Waals surface area contributed by atoms with E-state index in [2.05, 4.69) is 16.4 Å². The van der Waals surface area contributed by atoms with Crippen molar-refractivity contribution < 1.29 is 19.2 Å². The highest BCUT2D eigenvalue weighted by Gasteiger charge is 2.35. The van der Waals surface area contributed by atoms with Crippen LogP contribution in [-0.2, 0) is 4.79 Å². The minimum atomic E-state index is -0.335. The molecule has 0 atom stereocenters. The minimum absolute atomic E-state index is 0.0736. The standard InChI is InChI=1S/C26H30N4O4/c1-17-15-22(18(2)30(17)19-7-8-19)23(31)16-27-11-13-28(14-12-27)24(32)9-10-29-25(33)20-5-3-4-6-21(20)26(29)34/h3-6,15,19H,7-14,16H2,1-2H3. The van der Waals surface area contributed by atoms with Crippen molar-refractivity contribution in [3.8, 4) is 0 Å². The molecule has 2 aromatic rings. The van der Waals surface area contributed by atoms with Crippen LogP contribution in [0.25, 0.3) is 0 Å². The number of piperazine rings is 1.